The Hall–Kier alpha value is -1.52. The third-order valence-corrected chi connectivity index (χ3v) is 2.89. The lowest BCUT2D eigenvalue weighted by Crippen LogP contribution is -2.24. The monoisotopic (exact) mass is 283 g/mol. The molecule has 4 nitrogen and oxygen atoms in total. The fraction of sp³-hybridized carbons (Fsp3) is 0.167. The Morgan fingerprint density at radius 1 is 1.39 bits per heavy atom. The van der Waals surface area contributed by atoms with Gasteiger partial charge in [-0.3, -0.25) is 4.79 Å². The number of aromatic nitrogens is 2. The van der Waals surface area contributed by atoms with Crippen LogP contribution in [0.3, 0.4) is 0 Å². The van der Waals surface area contributed by atoms with Crippen LogP contribution in [0.25, 0.3) is 0 Å². The third-order valence-electron chi connectivity index (χ3n) is 2.37. The van der Waals surface area contributed by atoms with Crippen molar-refractivity contribution in [3.63, 3.8) is 0 Å². The van der Waals surface area contributed by atoms with Crippen LogP contribution in [0, 0.1) is 0 Å². The number of nitrogens with one attached hydrogen (secondary N) is 1. The number of rotatable bonds is 3. The van der Waals surface area contributed by atoms with Crippen molar-refractivity contribution >= 4 is 29.1 Å². The number of pyridine rings is 1. The molecule has 0 aliphatic rings. The van der Waals surface area contributed by atoms with Crippen molar-refractivity contribution in [2.45, 2.75) is 6.54 Å². The number of carbonyl (C=O) groups is 1. The average molecular weight is 284 g/mol. The molecule has 0 aliphatic heterocycles. The van der Waals surface area contributed by atoms with Crippen LogP contribution in [0.1, 0.15) is 16.1 Å². The Bertz CT molecular complexity index is 580. The lowest BCUT2D eigenvalue weighted by Gasteiger charge is -2.05. The van der Waals surface area contributed by atoms with Crippen molar-refractivity contribution < 1.29 is 4.79 Å². The molecule has 0 saturated heterocycles. The van der Waals surface area contributed by atoms with E-state index < -0.39 is 0 Å². The quantitative estimate of drug-likeness (QED) is 0.881. The number of hydrogen-bond acceptors (Lipinski definition) is 2. The van der Waals surface area contributed by atoms with Gasteiger partial charge in [-0.2, -0.15) is 0 Å². The van der Waals surface area contributed by atoms with E-state index in [-0.39, 0.29) is 21.8 Å². The van der Waals surface area contributed by atoms with Gasteiger partial charge in [0.2, 0.25) is 0 Å². The van der Waals surface area contributed by atoms with Crippen LogP contribution in [0.4, 0.5) is 0 Å². The fourth-order valence-corrected chi connectivity index (χ4v) is 1.85. The molecule has 0 saturated carbocycles. The maximum Gasteiger partial charge on any atom is 0.271 e. The first-order chi connectivity index (χ1) is 8.56. The number of aryl methyl sites for hydroxylation is 1. The van der Waals surface area contributed by atoms with E-state index in [0.717, 1.165) is 5.56 Å². The van der Waals surface area contributed by atoms with Crippen molar-refractivity contribution in [3.8, 4) is 0 Å². The molecule has 0 bridgehead atoms. The Morgan fingerprint density at radius 2 is 2.17 bits per heavy atom. The summed E-state index contributed by atoms with van der Waals surface area (Å²) in [6.45, 7) is 0.421. The Morgan fingerprint density at radius 3 is 2.83 bits per heavy atom. The molecule has 2 aromatic heterocycles. The van der Waals surface area contributed by atoms with Crippen LogP contribution in [-0.2, 0) is 13.6 Å². The minimum atomic E-state index is -0.341. The van der Waals surface area contributed by atoms with E-state index in [1.54, 1.807) is 6.07 Å². The Kier molecular flexibility index (Phi) is 3.89. The van der Waals surface area contributed by atoms with Crippen LogP contribution in [-0.4, -0.2) is 15.5 Å². The first-order valence-electron chi connectivity index (χ1n) is 5.27. The van der Waals surface area contributed by atoms with E-state index in [2.05, 4.69) is 10.3 Å². The first-order valence-corrected chi connectivity index (χ1v) is 6.03. The summed E-state index contributed by atoms with van der Waals surface area (Å²) in [6, 6.07) is 5.01. The molecule has 0 spiro atoms. The van der Waals surface area contributed by atoms with Gasteiger partial charge in [0.15, 0.2) is 0 Å². The molecule has 0 aliphatic carbocycles. The lowest BCUT2D eigenvalue weighted by atomic mass is 10.3. The van der Waals surface area contributed by atoms with Crippen LogP contribution in [0.2, 0.25) is 10.2 Å². The number of amides is 1. The summed E-state index contributed by atoms with van der Waals surface area (Å²) in [4.78, 5) is 15.8. The minimum absolute atomic E-state index is 0.139. The molecule has 0 aromatic carbocycles. The predicted octanol–water partition coefficient (Wildman–Crippen LogP) is 2.66. The molecular formula is C12H11Cl2N3O. The Labute approximate surface area is 115 Å². The molecule has 2 aromatic rings. The fourth-order valence-electron chi connectivity index (χ4n) is 1.51. The molecule has 18 heavy (non-hydrogen) atoms. The summed E-state index contributed by atoms with van der Waals surface area (Å²) < 4.78 is 1.91. The highest BCUT2D eigenvalue weighted by atomic mass is 35.5. The van der Waals surface area contributed by atoms with Crippen molar-refractivity contribution in [1.82, 2.24) is 14.9 Å². The number of carbonyl (C=O) groups excluding carboxylic acids is 1. The second-order valence-corrected chi connectivity index (χ2v) is 4.63. The maximum atomic E-state index is 11.9. The number of nitrogens with zero attached hydrogens (tertiary/aromatic N) is 2. The standard InChI is InChI=1S/C12H11Cl2N3O/c1-17-5-4-8(7-17)6-15-12(18)11-9(13)2-3-10(14)16-11/h2-5,7H,6H2,1H3,(H,15,18). The molecule has 94 valence electrons. The normalized spacial score (nSPS) is 10.4. The smallest absolute Gasteiger partial charge is 0.271 e. The maximum absolute atomic E-state index is 11.9. The lowest BCUT2D eigenvalue weighted by molar-refractivity contribution is 0.0946. The summed E-state index contributed by atoms with van der Waals surface area (Å²) in [5.74, 6) is -0.341. The Balaban J connectivity index is 2.05. The van der Waals surface area contributed by atoms with E-state index in [0.29, 0.717) is 6.54 Å². The summed E-state index contributed by atoms with van der Waals surface area (Å²) in [5, 5.41) is 3.26. The highest BCUT2D eigenvalue weighted by molar-refractivity contribution is 6.34. The van der Waals surface area contributed by atoms with Gasteiger partial charge in [-0.05, 0) is 23.8 Å². The molecule has 1 amide bonds. The summed E-state index contributed by atoms with van der Waals surface area (Å²) in [7, 11) is 1.92. The van der Waals surface area contributed by atoms with Crippen LogP contribution < -0.4 is 5.32 Å². The van der Waals surface area contributed by atoms with Crippen molar-refractivity contribution in [1.29, 1.82) is 0 Å². The van der Waals surface area contributed by atoms with Crippen molar-refractivity contribution in [2.24, 2.45) is 7.05 Å². The van der Waals surface area contributed by atoms with E-state index in [1.807, 2.05) is 30.1 Å². The van der Waals surface area contributed by atoms with Crippen LogP contribution >= 0.6 is 23.2 Å². The average Bonchev–Trinajstić information content (AvgIpc) is 2.75. The zero-order chi connectivity index (χ0) is 13.1. The van der Waals surface area contributed by atoms with E-state index in [4.69, 9.17) is 23.2 Å². The van der Waals surface area contributed by atoms with E-state index in [1.165, 1.54) is 6.07 Å². The van der Waals surface area contributed by atoms with Crippen LogP contribution in [0.5, 0.6) is 0 Å². The molecular weight excluding hydrogens is 273 g/mol. The molecule has 1 N–H and O–H groups in total. The second-order valence-electron chi connectivity index (χ2n) is 3.83. The van der Waals surface area contributed by atoms with Gasteiger partial charge in [-0.25, -0.2) is 4.98 Å². The largest absolute Gasteiger partial charge is 0.357 e. The minimum Gasteiger partial charge on any atom is -0.357 e. The van der Waals surface area contributed by atoms with Crippen LogP contribution in [0.15, 0.2) is 30.6 Å². The highest BCUT2D eigenvalue weighted by Crippen LogP contribution is 2.16. The van der Waals surface area contributed by atoms with Crippen molar-refractivity contribution in [3.05, 3.63) is 52.0 Å². The van der Waals surface area contributed by atoms with Gasteiger partial charge in [0, 0.05) is 26.0 Å². The van der Waals surface area contributed by atoms with Gasteiger partial charge in [0.25, 0.3) is 5.91 Å². The zero-order valence-corrected chi connectivity index (χ0v) is 11.2. The molecule has 0 fully saturated rings. The van der Waals surface area contributed by atoms with Gasteiger partial charge in [-0.15, -0.1) is 0 Å². The topological polar surface area (TPSA) is 46.9 Å². The highest BCUT2D eigenvalue weighted by Gasteiger charge is 2.12. The van der Waals surface area contributed by atoms with E-state index in [9.17, 15) is 4.79 Å². The summed E-state index contributed by atoms with van der Waals surface area (Å²) in [6.07, 6.45) is 3.83. The number of hydrogen-bond donors (Lipinski definition) is 1. The second kappa shape index (κ2) is 5.42. The molecule has 0 unspecified atom stereocenters. The SMILES string of the molecule is Cn1ccc(CNC(=O)c2nc(Cl)ccc2Cl)c1. The van der Waals surface area contributed by atoms with Gasteiger partial charge in [0.05, 0.1) is 5.02 Å². The van der Waals surface area contributed by atoms with E-state index >= 15 is 0 Å². The first kappa shape index (κ1) is 12.9. The van der Waals surface area contributed by atoms with Gasteiger partial charge in [-0.1, -0.05) is 23.2 Å². The predicted molar refractivity (Wildman–Crippen MR) is 70.8 cm³/mol. The molecule has 6 heteroatoms. The number of halogens is 2. The third kappa shape index (κ3) is 3.03. The molecule has 0 radical (unpaired) electrons. The van der Waals surface area contributed by atoms with Gasteiger partial charge in [0.1, 0.15) is 10.8 Å². The van der Waals surface area contributed by atoms with Crippen molar-refractivity contribution in [2.75, 3.05) is 0 Å². The molecule has 2 rings (SSSR count). The molecule has 2 heterocycles. The zero-order valence-electron chi connectivity index (χ0n) is 9.65. The van der Waals surface area contributed by atoms with Gasteiger partial charge >= 0.3 is 0 Å². The summed E-state index contributed by atoms with van der Waals surface area (Å²) >= 11 is 11.6. The summed E-state index contributed by atoms with van der Waals surface area (Å²) in [5.41, 5.74) is 1.14. The van der Waals surface area contributed by atoms with Gasteiger partial charge < -0.3 is 9.88 Å². The molecule has 0 atom stereocenters.